The van der Waals surface area contributed by atoms with E-state index in [4.69, 9.17) is 11.6 Å². The molecule has 2 rings (SSSR count). The van der Waals surface area contributed by atoms with Gasteiger partial charge in [0.1, 0.15) is 0 Å². The molecule has 0 aliphatic carbocycles. The summed E-state index contributed by atoms with van der Waals surface area (Å²) in [5.41, 5.74) is 3.39. The number of thioether (sulfide) groups is 1. The minimum atomic E-state index is -0.386. The second-order valence-electron chi connectivity index (χ2n) is 6.41. The number of rotatable bonds is 7. The molecule has 0 heterocycles. The van der Waals surface area contributed by atoms with Crippen molar-refractivity contribution in [1.82, 2.24) is 0 Å². The van der Waals surface area contributed by atoms with Crippen molar-refractivity contribution < 1.29 is 9.59 Å². The van der Waals surface area contributed by atoms with Crippen molar-refractivity contribution in [1.29, 1.82) is 0 Å². The zero-order valence-corrected chi connectivity index (χ0v) is 17.4. The van der Waals surface area contributed by atoms with E-state index in [-0.39, 0.29) is 22.8 Å². The van der Waals surface area contributed by atoms with Crippen LogP contribution in [0.15, 0.2) is 42.5 Å². The fourth-order valence-electron chi connectivity index (χ4n) is 2.34. The van der Waals surface area contributed by atoms with Gasteiger partial charge in [-0.05, 0) is 44.2 Å². The SMILES string of the molecule is Cc1ccc(NC(=O)CSC(C)C(=O)Nc2cc(Cl)ccc2N(C)C)cc1. The van der Waals surface area contributed by atoms with Crippen LogP contribution in [0.3, 0.4) is 0 Å². The van der Waals surface area contributed by atoms with Gasteiger partial charge in [0.25, 0.3) is 0 Å². The number of hydrogen-bond donors (Lipinski definition) is 2. The Morgan fingerprint density at radius 3 is 2.41 bits per heavy atom. The molecule has 0 aliphatic heterocycles. The van der Waals surface area contributed by atoms with Crippen molar-refractivity contribution in [2.45, 2.75) is 19.1 Å². The fraction of sp³-hybridized carbons (Fsp3) is 0.300. The summed E-state index contributed by atoms with van der Waals surface area (Å²) < 4.78 is 0. The molecule has 0 aromatic heterocycles. The monoisotopic (exact) mass is 405 g/mol. The van der Waals surface area contributed by atoms with Crippen LogP contribution in [-0.4, -0.2) is 36.9 Å². The highest BCUT2D eigenvalue weighted by atomic mass is 35.5. The van der Waals surface area contributed by atoms with Crippen LogP contribution in [0.5, 0.6) is 0 Å². The Morgan fingerprint density at radius 2 is 1.78 bits per heavy atom. The fourth-order valence-corrected chi connectivity index (χ4v) is 3.20. The highest BCUT2D eigenvalue weighted by Crippen LogP contribution is 2.28. The third kappa shape index (κ3) is 6.48. The lowest BCUT2D eigenvalue weighted by molar-refractivity contribution is -0.115. The molecule has 0 saturated heterocycles. The van der Waals surface area contributed by atoms with Crippen LogP contribution in [0.1, 0.15) is 12.5 Å². The average molecular weight is 406 g/mol. The molecule has 144 valence electrons. The Balaban J connectivity index is 1.89. The van der Waals surface area contributed by atoms with Gasteiger partial charge in [0.15, 0.2) is 0 Å². The Hall–Kier alpha value is -2.18. The van der Waals surface area contributed by atoms with Gasteiger partial charge in [-0.2, -0.15) is 0 Å². The number of nitrogens with one attached hydrogen (secondary N) is 2. The molecule has 2 N–H and O–H groups in total. The van der Waals surface area contributed by atoms with Crippen LogP contribution < -0.4 is 15.5 Å². The highest BCUT2D eigenvalue weighted by Gasteiger charge is 2.17. The first-order chi connectivity index (χ1) is 12.8. The van der Waals surface area contributed by atoms with Crippen LogP contribution in [0.4, 0.5) is 17.1 Å². The Labute approximate surface area is 169 Å². The lowest BCUT2D eigenvalue weighted by atomic mass is 10.2. The molecule has 1 unspecified atom stereocenters. The van der Waals surface area contributed by atoms with E-state index in [2.05, 4.69) is 10.6 Å². The summed E-state index contributed by atoms with van der Waals surface area (Å²) in [4.78, 5) is 26.5. The number of anilines is 3. The number of carbonyl (C=O) groups is 2. The third-order valence-electron chi connectivity index (χ3n) is 3.87. The van der Waals surface area contributed by atoms with Gasteiger partial charge in [0, 0.05) is 24.8 Å². The minimum Gasteiger partial charge on any atom is -0.376 e. The molecule has 2 aromatic carbocycles. The maximum atomic E-state index is 12.5. The van der Waals surface area contributed by atoms with E-state index in [9.17, 15) is 9.59 Å². The molecule has 0 bridgehead atoms. The molecule has 27 heavy (non-hydrogen) atoms. The van der Waals surface area contributed by atoms with Crippen LogP contribution in [0.25, 0.3) is 0 Å². The smallest absolute Gasteiger partial charge is 0.237 e. The van der Waals surface area contributed by atoms with Gasteiger partial charge in [0.05, 0.1) is 22.4 Å². The van der Waals surface area contributed by atoms with Gasteiger partial charge in [-0.1, -0.05) is 29.3 Å². The first-order valence-corrected chi connectivity index (χ1v) is 9.95. The predicted octanol–water partition coefficient (Wildman–Crippen LogP) is 4.41. The molecule has 2 amide bonds. The van der Waals surface area contributed by atoms with E-state index in [0.29, 0.717) is 10.7 Å². The van der Waals surface area contributed by atoms with Crippen molar-refractivity contribution in [2.24, 2.45) is 0 Å². The highest BCUT2D eigenvalue weighted by molar-refractivity contribution is 8.01. The van der Waals surface area contributed by atoms with Crippen molar-refractivity contribution in [3.05, 3.63) is 53.1 Å². The van der Waals surface area contributed by atoms with Gasteiger partial charge >= 0.3 is 0 Å². The van der Waals surface area contributed by atoms with Gasteiger partial charge < -0.3 is 15.5 Å². The number of aryl methyl sites for hydroxylation is 1. The Morgan fingerprint density at radius 1 is 1.11 bits per heavy atom. The topological polar surface area (TPSA) is 61.4 Å². The van der Waals surface area contributed by atoms with Gasteiger partial charge in [-0.15, -0.1) is 11.8 Å². The maximum absolute atomic E-state index is 12.5. The summed E-state index contributed by atoms with van der Waals surface area (Å²) in [6, 6.07) is 12.9. The molecular weight excluding hydrogens is 382 g/mol. The van der Waals surface area contributed by atoms with Crippen LogP contribution >= 0.6 is 23.4 Å². The van der Waals surface area contributed by atoms with Crippen LogP contribution in [0, 0.1) is 6.92 Å². The van der Waals surface area contributed by atoms with Crippen molar-refractivity contribution in [2.75, 3.05) is 35.4 Å². The zero-order chi connectivity index (χ0) is 20.0. The lowest BCUT2D eigenvalue weighted by Gasteiger charge is -2.19. The second-order valence-corrected chi connectivity index (χ2v) is 8.18. The number of nitrogens with zero attached hydrogens (tertiary/aromatic N) is 1. The third-order valence-corrected chi connectivity index (χ3v) is 5.25. The molecular formula is C20H24ClN3O2S. The van der Waals surface area contributed by atoms with E-state index in [1.54, 1.807) is 19.1 Å². The van der Waals surface area contributed by atoms with Crippen molar-refractivity contribution >= 4 is 52.2 Å². The Bertz CT molecular complexity index is 809. The molecule has 0 saturated carbocycles. The molecule has 5 nitrogen and oxygen atoms in total. The molecule has 2 aromatic rings. The molecule has 0 aliphatic rings. The standard InChI is InChI=1S/C20H24ClN3O2S/c1-13-5-8-16(9-6-13)22-19(25)12-27-14(2)20(26)23-17-11-15(21)7-10-18(17)24(3)4/h5-11,14H,12H2,1-4H3,(H,22,25)(H,23,26). The quantitative estimate of drug-likeness (QED) is 0.716. The largest absolute Gasteiger partial charge is 0.376 e. The number of carbonyl (C=O) groups excluding carboxylic acids is 2. The van der Waals surface area contributed by atoms with E-state index >= 15 is 0 Å². The second kappa shape index (κ2) is 9.67. The van der Waals surface area contributed by atoms with E-state index < -0.39 is 0 Å². The Kier molecular flexibility index (Phi) is 7.56. The molecule has 7 heteroatoms. The lowest BCUT2D eigenvalue weighted by Crippen LogP contribution is -2.26. The summed E-state index contributed by atoms with van der Waals surface area (Å²) in [7, 11) is 3.79. The molecule has 1 atom stereocenters. The van der Waals surface area contributed by atoms with E-state index in [0.717, 1.165) is 16.9 Å². The maximum Gasteiger partial charge on any atom is 0.237 e. The number of halogens is 1. The van der Waals surface area contributed by atoms with Crippen LogP contribution in [0.2, 0.25) is 5.02 Å². The number of hydrogen-bond acceptors (Lipinski definition) is 4. The summed E-state index contributed by atoms with van der Waals surface area (Å²) in [6.07, 6.45) is 0. The first-order valence-electron chi connectivity index (χ1n) is 8.52. The van der Waals surface area contributed by atoms with Gasteiger partial charge in [-0.3, -0.25) is 9.59 Å². The van der Waals surface area contributed by atoms with Gasteiger partial charge in [-0.25, -0.2) is 0 Å². The van der Waals surface area contributed by atoms with Crippen molar-refractivity contribution in [3.63, 3.8) is 0 Å². The normalized spacial score (nSPS) is 11.6. The molecule has 0 radical (unpaired) electrons. The minimum absolute atomic E-state index is 0.139. The summed E-state index contributed by atoms with van der Waals surface area (Å²) in [5.74, 6) is -0.118. The summed E-state index contributed by atoms with van der Waals surface area (Å²) >= 11 is 7.33. The summed E-state index contributed by atoms with van der Waals surface area (Å²) in [6.45, 7) is 3.77. The number of amides is 2. The molecule has 0 fully saturated rings. The van der Waals surface area contributed by atoms with Gasteiger partial charge in [0.2, 0.25) is 11.8 Å². The predicted molar refractivity (Wildman–Crippen MR) is 116 cm³/mol. The van der Waals surface area contributed by atoms with E-state index in [1.165, 1.54) is 11.8 Å². The first kappa shape index (κ1) is 21.1. The average Bonchev–Trinajstić information content (AvgIpc) is 2.61. The van der Waals surface area contributed by atoms with Crippen LogP contribution in [-0.2, 0) is 9.59 Å². The summed E-state index contributed by atoms with van der Waals surface area (Å²) in [5, 5.41) is 5.89. The zero-order valence-electron chi connectivity index (χ0n) is 15.9. The van der Waals surface area contributed by atoms with Crippen molar-refractivity contribution in [3.8, 4) is 0 Å². The van der Waals surface area contributed by atoms with E-state index in [1.807, 2.05) is 56.3 Å². The molecule has 0 spiro atoms. The number of benzene rings is 2.